The van der Waals surface area contributed by atoms with Crippen LogP contribution in [-0.4, -0.2) is 52.5 Å². The van der Waals surface area contributed by atoms with Crippen molar-refractivity contribution in [3.8, 4) is 0 Å². The van der Waals surface area contributed by atoms with E-state index < -0.39 is 0 Å². The summed E-state index contributed by atoms with van der Waals surface area (Å²) in [4.78, 5) is 25.5. The van der Waals surface area contributed by atoms with E-state index in [1.807, 2.05) is 37.4 Å². The normalized spacial score (nSPS) is 10.5. The number of benzene rings is 1. The van der Waals surface area contributed by atoms with Gasteiger partial charge >= 0.3 is 0 Å². The Balaban J connectivity index is 1.77. The Morgan fingerprint density at radius 2 is 1.88 bits per heavy atom. The number of thioether (sulfide) groups is 2. The summed E-state index contributed by atoms with van der Waals surface area (Å²) in [5.74, 6) is -0.114. The van der Waals surface area contributed by atoms with Gasteiger partial charge in [0.05, 0.1) is 12.3 Å². The largest absolute Gasteiger partial charge is 0.336 e. The van der Waals surface area contributed by atoms with Crippen molar-refractivity contribution in [1.82, 2.24) is 15.1 Å². The first kappa shape index (κ1) is 18.8. The van der Waals surface area contributed by atoms with Crippen LogP contribution in [0.2, 0.25) is 0 Å². The van der Waals surface area contributed by atoms with Crippen LogP contribution in [0, 0.1) is 6.92 Å². The molecule has 0 bridgehead atoms. The van der Waals surface area contributed by atoms with Gasteiger partial charge < -0.3 is 10.2 Å². The zero-order chi connectivity index (χ0) is 17.5. The van der Waals surface area contributed by atoms with Crippen LogP contribution in [0.1, 0.15) is 5.56 Å². The monoisotopic (exact) mass is 382 g/mol. The minimum atomic E-state index is -0.222. The third kappa shape index (κ3) is 5.81. The average Bonchev–Trinajstić information content (AvgIpc) is 3.02. The summed E-state index contributed by atoms with van der Waals surface area (Å²) in [6.45, 7) is 2.00. The molecule has 0 saturated carbocycles. The summed E-state index contributed by atoms with van der Waals surface area (Å²) in [6.07, 6.45) is 1.93. The standard InChI is InChI=1S/C15H18N4O2S3/c1-10-4-6-11(7-5-10)16-12(20)8-19(2)13(21)9-23-15-18-17-14(22-3)24-15/h4-7H,8-9H2,1-3H3,(H,16,20). The lowest BCUT2D eigenvalue weighted by Crippen LogP contribution is -2.35. The lowest BCUT2D eigenvalue weighted by atomic mass is 10.2. The minimum absolute atomic E-state index is 0.0133. The number of likely N-dealkylation sites (N-methyl/N-ethyl adjacent to an activating group) is 1. The fourth-order valence-corrected chi connectivity index (χ4v) is 4.09. The molecule has 1 heterocycles. The number of amides is 2. The Labute approximate surface area is 153 Å². The van der Waals surface area contributed by atoms with Crippen molar-refractivity contribution in [3.63, 3.8) is 0 Å². The van der Waals surface area contributed by atoms with E-state index in [9.17, 15) is 9.59 Å². The summed E-state index contributed by atoms with van der Waals surface area (Å²) in [6, 6.07) is 7.52. The van der Waals surface area contributed by atoms with Crippen LogP contribution in [0.5, 0.6) is 0 Å². The molecular formula is C15H18N4O2S3. The van der Waals surface area contributed by atoms with Gasteiger partial charge in [0.15, 0.2) is 8.68 Å². The molecule has 2 aromatic rings. The molecule has 0 saturated heterocycles. The fraction of sp³-hybridized carbons (Fsp3) is 0.333. The predicted octanol–water partition coefficient (Wildman–Crippen LogP) is 2.76. The lowest BCUT2D eigenvalue weighted by molar-refractivity contribution is -0.131. The number of aromatic nitrogens is 2. The third-order valence-electron chi connectivity index (χ3n) is 3.02. The summed E-state index contributed by atoms with van der Waals surface area (Å²) >= 11 is 4.32. The number of carbonyl (C=O) groups excluding carboxylic acids is 2. The molecule has 24 heavy (non-hydrogen) atoms. The van der Waals surface area contributed by atoms with Crippen LogP contribution in [0.15, 0.2) is 32.9 Å². The van der Waals surface area contributed by atoms with E-state index in [1.165, 1.54) is 39.8 Å². The molecule has 0 aliphatic heterocycles. The minimum Gasteiger partial charge on any atom is -0.336 e. The van der Waals surface area contributed by atoms with Crippen molar-refractivity contribution in [3.05, 3.63) is 29.8 Å². The first-order valence-electron chi connectivity index (χ1n) is 7.08. The van der Waals surface area contributed by atoms with E-state index in [2.05, 4.69) is 15.5 Å². The Morgan fingerprint density at radius 3 is 2.50 bits per heavy atom. The quantitative estimate of drug-likeness (QED) is 0.742. The molecule has 0 aliphatic carbocycles. The first-order valence-corrected chi connectivity index (χ1v) is 10.1. The Morgan fingerprint density at radius 1 is 1.21 bits per heavy atom. The van der Waals surface area contributed by atoms with Gasteiger partial charge in [0.25, 0.3) is 0 Å². The fourth-order valence-electron chi connectivity index (χ4n) is 1.71. The number of nitrogens with zero attached hydrogens (tertiary/aromatic N) is 3. The van der Waals surface area contributed by atoms with E-state index in [0.717, 1.165) is 19.9 Å². The van der Waals surface area contributed by atoms with Crippen molar-refractivity contribution in [2.24, 2.45) is 0 Å². The van der Waals surface area contributed by atoms with E-state index in [-0.39, 0.29) is 24.1 Å². The van der Waals surface area contributed by atoms with E-state index in [0.29, 0.717) is 0 Å². The third-order valence-corrected chi connectivity index (χ3v) is 6.04. The summed E-state index contributed by atoms with van der Waals surface area (Å²) < 4.78 is 1.63. The van der Waals surface area contributed by atoms with E-state index in [1.54, 1.807) is 7.05 Å². The van der Waals surface area contributed by atoms with Crippen molar-refractivity contribution in [1.29, 1.82) is 0 Å². The smallest absolute Gasteiger partial charge is 0.243 e. The molecule has 0 atom stereocenters. The predicted molar refractivity (Wildman–Crippen MR) is 99.9 cm³/mol. The van der Waals surface area contributed by atoms with Gasteiger partial charge in [-0.05, 0) is 25.3 Å². The van der Waals surface area contributed by atoms with Gasteiger partial charge in [-0.2, -0.15) is 0 Å². The van der Waals surface area contributed by atoms with Crippen LogP contribution in [-0.2, 0) is 9.59 Å². The van der Waals surface area contributed by atoms with Gasteiger partial charge in [-0.3, -0.25) is 9.59 Å². The van der Waals surface area contributed by atoms with Crippen LogP contribution < -0.4 is 5.32 Å². The molecule has 0 spiro atoms. The lowest BCUT2D eigenvalue weighted by Gasteiger charge is -2.16. The molecule has 6 nitrogen and oxygen atoms in total. The number of hydrogen-bond acceptors (Lipinski definition) is 7. The number of aryl methyl sites for hydroxylation is 1. The second kappa shape index (κ2) is 9.05. The zero-order valence-electron chi connectivity index (χ0n) is 13.6. The molecule has 128 valence electrons. The molecule has 2 rings (SSSR count). The molecule has 0 radical (unpaired) electrons. The number of nitrogens with one attached hydrogen (secondary N) is 1. The van der Waals surface area contributed by atoms with Crippen LogP contribution >= 0.6 is 34.9 Å². The van der Waals surface area contributed by atoms with Crippen LogP contribution in [0.25, 0.3) is 0 Å². The van der Waals surface area contributed by atoms with Gasteiger partial charge in [-0.15, -0.1) is 10.2 Å². The second-order valence-corrected chi connectivity index (χ2v) is 8.24. The Kier molecular flexibility index (Phi) is 7.07. The summed E-state index contributed by atoms with van der Waals surface area (Å²) in [5, 5.41) is 10.8. The van der Waals surface area contributed by atoms with Gasteiger partial charge in [0.1, 0.15) is 0 Å². The number of anilines is 1. The molecule has 2 amide bonds. The van der Waals surface area contributed by atoms with Crippen molar-refractivity contribution in [2.75, 3.05) is 30.9 Å². The van der Waals surface area contributed by atoms with Crippen LogP contribution in [0.4, 0.5) is 5.69 Å². The highest BCUT2D eigenvalue weighted by atomic mass is 32.2. The molecule has 0 unspecified atom stereocenters. The van der Waals surface area contributed by atoms with Gasteiger partial charge in [0, 0.05) is 12.7 Å². The van der Waals surface area contributed by atoms with Crippen molar-refractivity contribution < 1.29 is 9.59 Å². The van der Waals surface area contributed by atoms with Gasteiger partial charge in [-0.1, -0.05) is 52.6 Å². The molecule has 0 fully saturated rings. The highest BCUT2D eigenvalue weighted by molar-refractivity contribution is 8.03. The van der Waals surface area contributed by atoms with Crippen LogP contribution in [0.3, 0.4) is 0 Å². The highest BCUT2D eigenvalue weighted by Gasteiger charge is 2.15. The van der Waals surface area contributed by atoms with E-state index >= 15 is 0 Å². The Hall–Kier alpha value is -1.58. The van der Waals surface area contributed by atoms with Gasteiger partial charge in [0.2, 0.25) is 11.8 Å². The molecule has 1 N–H and O–H groups in total. The van der Waals surface area contributed by atoms with Crippen molar-refractivity contribution >= 4 is 52.4 Å². The molecular weight excluding hydrogens is 364 g/mol. The maximum Gasteiger partial charge on any atom is 0.243 e. The van der Waals surface area contributed by atoms with E-state index in [4.69, 9.17) is 0 Å². The summed E-state index contributed by atoms with van der Waals surface area (Å²) in [5.41, 5.74) is 1.85. The SMILES string of the molecule is CSc1nnc(SCC(=O)N(C)CC(=O)Nc2ccc(C)cc2)s1. The number of rotatable bonds is 7. The molecule has 1 aromatic carbocycles. The zero-order valence-corrected chi connectivity index (χ0v) is 16.1. The van der Waals surface area contributed by atoms with Crippen molar-refractivity contribution in [2.45, 2.75) is 15.6 Å². The number of carbonyl (C=O) groups is 2. The topological polar surface area (TPSA) is 75.2 Å². The number of hydrogen-bond donors (Lipinski definition) is 1. The molecule has 9 heteroatoms. The Bertz CT molecular complexity index is 703. The first-order chi connectivity index (χ1) is 11.5. The second-order valence-electron chi connectivity index (χ2n) is 4.99. The summed E-state index contributed by atoms with van der Waals surface area (Å²) in [7, 11) is 1.62. The maximum absolute atomic E-state index is 12.1. The molecule has 1 aromatic heterocycles. The molecule has 0 aliphatic rings. The average molecular weight is 383 g/mol. The maximum atomic E-state index is 12.1. The highest BCUT2D eigenvalue weighted by Crippen LogP contribution is 2.27. The van der Waals surface area contributed by atoms with Gasteiger partial charge in [-0.25, -0.2) is 0 Å².